The molecule has 2 atom stereocenters. The molecule has 0 saturated heterocycles. The molecule has 8 heteroatoms. The summed E-state index contributed by atoms with van der Waals surface area (Å²) in [5.41, 5.74) is 14.1. The molecular weight excluding hydrogens is 416 g/mol. The average Bonchev–Trinajstić information content (AvgIpc) is 3.52. The molecule has 2 unspecified atom stereocenters. The Morgan fingerprint density at radius 1 is 1.15 bits per heavy atom. The molecule has 0 spiro atoms. The fourth-order valence-electron chi connectivity index (χ4n) is 4.43. The highest BCUT2D eigenvalue weighted by Crippen LogP contribution is 2.48. The molecule has 0 amide bonds. The van der Waals surface area contributed by atoms with Gasteiger partial charge in [0.25, 0.3) is 0 Å². The number of ether oxygens (including phenoxy) is 2. The monoisotopic (exact) mass is 440 g/mol. The molecule has 0 saturated carbocycles. The maximum atomic E-state index is 10.0. The Bertz CT molecular complexity index is 1250. The summed E-state index contributed by atoms with van der Waals surface area (Å²) in [6.45, 7) is 2.71. The van der Waals surface area contributed by atoms with Crippen LogP contribution in [0.1, 0.15) is 30.0 Å². The molecule has 5 rings (SSSR count). The van der Waals surface area contributed by atoms with E-state index in [0.717, 1.165) is 28.1 Å². The molecule has 3 aromatic rings. The van der Waals surface area contributed by atoms with Gasteiger partial charge in [-0.3, -0.25) is 5.01 Å². The average molecular weight is 441 g/mol. The summed E-state index contributed by atoms with van der Waals surface area (Å²) < 4.78 is 13.2. The number of nitrogens with zero attached hydrogens (tertiary/aromatic N) is 4. The number of benzene rings is 2. The van der Waals surface area contributed by atoms with Crippen molar-refractivity contribution in [3.8, 4) is 17.5 Å². The third-order valence-electron chi connectivity index (χ3n) is 6.07. The van der Waals surface area contributed by atoms with Crippen LogP contribution in [0.5, 0.6) is 5.75 Å². The van der Waals surface area contributed by atoms with E-state index in [-0.39, 0.29) is 17.8 Å². The summed E-state index contributed by atoms with van der Waals surface area (Å²) >= 11 is 0. The van der Waals surface area contributed by atoms with Crippen molar-refractivity contribution >= 4 is 0 Å². The molecule has 3 N–H and O–H groups in total. The first-order valence-electron chi connectivity index (χ1n) is 10.7. The number of hydrogen-bond donors (Lipinski definition) is 2. The predicted molar refractivity (Wildman–Crippen MR) is 122 cm³/mol. The van der Waals surface area contributed by atoms with Gasteiger partial charge in [0, 0.05) is 30.2 Å². The highest BCUT2D eigenvalue weighted by Gasteiger charge is 2.43. The van der Waals surface area contributed by atoms with Gasteiger partial charge < -0.3 is 19.8 Å². The van der Waals surface area contributed by atoms with Crippen molar-refractivity contribution in [2.45, 2.75) is 18.9 Å². The van der Waals surface area contributed by atoms with Crippen molar-refractivity contribution < 1.29 is 9.47 Å². The van der Waals surface area contributed by atoms with Gasteiger partial charge in [-0.25, -0.2) is 10.4 Å². The minimum atomic E-state index is -0.341. The Morgan fingerprint density at radius 3 is 2.48 bits per heavy atom. The molecule has 2 aliphatic heterocycles. The summed E-state index contributed by atoms with van der Waals surface area (Å²) in [5.74, 6) is 1.23. The van der Waals surface area contributed by atoms with Crippen molar-refractivity contribution in [2.75, 3.05) is 13.7 Å². The maximum absolute atomic E-state index is 10.0. The highest BCUT2D eigenvalue weighted by molar-refractivity contribution is 5.54. The van der Waals surface area contributed by atoms with E-state index < -0.39 is 0 Å². The van der Waals surface area contributed by atoms with Gasteiger partial charge in [0.2, 0.25) is 11.8 Å². The number of nitrogens with two attached hydrogens (primary N) is 1. The van der Waals surface area contributed by atoms with Crippen LogP contribution in [-0.2, 0) is 4.74 Å². The number of hydrogen-bond acceptors (Lipinski definition) is 7. The zero-order valence-corrected chi connectivity index (χ0v) is 18.4. The second-order valence-corrected chi connectivity index (χ2v) is 7.83. The molecule has 0 radical (unpaired) electrons. The highest BCUT2D eigenvalue weighted by atomic mass is 16.5. The lowest BCUT2D eigenvalue weighted by molar-refractivity contribution is 0.133. The summed E-state index contributed by atoms with van der Waals surface area (Å²) in [6, 6.07) is 18.1. The molecule has 166 valence electrons. The summed E-state index contributed by atoms with van der Waals surface area (Å²) in [4.78, 5) is 4.11. The molecule has 33 heavy (non-hydrogen) atoms. The predicted octanol–water partition coefficient (Wildman–Crippen LogP) is 3.48. The van der Waals surface area contributed by atoms with E-state index >= 15 is 0 Å². The van der Waals surface area contributed by atoms with Crippen LogP contribution in [0.4, 0.5) is 0 Å². The van der Waals surface area contributed by atoms with Crippen LogP contribution in [0.3, 0.4) is 0 Å². The summed E-state index contributed by atoms with van der Waals surface area (Å²) in [5, 5.41) is 12.0. The fraction of sp³-hybridized carbons (Fsp3) is 0.200. The first-order valence-corrected chi connectivity index (χ1v) is 10.7. The second-order valence-electron chi connectivity index (χ2n) is 7.83. The topological polar surface area (TPSA) is 101 Å². The summed E-state index contributed by atoms with van der Waals surface area (Å²) in [7, 11) is 1.65. The lowest BCUT2D eigenvalue weighted by Gasteiger charge is -2.28. The maximum Gasteiger partial charge on any atom is 0.214 e. The minimum Gasteiger partial charge on any atom is -0.497 e. The zero-order valence-electron chi connectivity index (χ0n) is 18.4. The van der Waals surface area contributed by atoms with Crippen LogP contribution in [0.15, 0.2) is 90.2 Å². The molecular formula is C25H24N6O2. The van der Waals surface area contributed by atoms with E-state index in [9.17, 15) is 5.26 Å². The van der Waals surface area contributed by atoms with Gasteiger partial charge in [0.1, 0.15) is 17.4 Å². The van der Waals surface area contributed by atoms with Gasteiger partial charge >= 0.3 is 0 Å². The molecule has 3 heterocycles. The van der Waals surface area contributed by atoms with Gasteiger partial charge in [-0.1, -0.05) is 24.3 Å². The van der Waals surface area contributed by atoms with Crippen LogP contribution < -0.4 is 15.9 Å². The summed E-state index contributed by atoms with van der Waals surface area (Å²) in [6.07, 6.45) is 5.38. The molecule has 1 aromatic heterocycles. The Balaban J connectivity index is 1.61. The van der Waals surface area contributed by atoms with Crippen LogP contribution >= 0.6 is 0 Å². The number of rotatable bonds is 5. The Morgan fingerprint density at radius 2 is 1.88 bits per heavy atom. The third-order valence-corrected chi connectivity index (χ3v) is 6.07. The van der Waals surface area contributed by atoms with E-state index in [1.54, 1.807) is 19.6 Å². The van der Waals surface area contributed by atoms with Crippen molar-refractivity contribution in [3.05, 3.63) is 101 Å². The minimum absolute atomic E-state index is 0.135. The number of imidazole rings is 1. The van der Waals surface area contributed by atoms with E-state index in [1.165, 1.54) is 0 Å². The number of methoxy groups -OCH3 is 1. The molecule has 0 aliphatic carbocycles. The second kappa shape index (κ2) is 8.37. The molecule has 0 bridgehead atoms. The lowest BCUT2D eigenvalue weighted by Crippen LogP contribution is -2.34. The van der Waals surface area contributed by atoms with E-state index in [0.29, 0.717) is 18.0 Å². The standard InChI is InChI=1S/C25H24N6O2/c1-3-31-25-22(23(29-31)17-6-10-19(32-2)11-7-17)21(20(14-26)24(27)33-25)16-4-8-18(9-5-16)30-13-12-28-15-30/h4-13,15,21,23,29H,3,27H2,1-2H3. The SMILES string of the molecule is CCN1NC(c2ccc(OC)cc2)C2=C1OC(N)=C(C#N)C2c1ccc(-n2ccnc2)cc1. The van der Waals surface area contributed by atoms with Crippen LogP contribution in [0.25, 0.3) is 5.69 Å². The normalized spacial score (nSPS) is 19.8. The molecule has 2 aliphatic rings. The molecule has 0 fully saturated rings. The number of aromatic nitrogens is 2. The first kappa shape index (κ1) is 20.7. The molecule has 8 nitrogen and oxygen atoms in total. The van der Waals surface area contributed by atoms with E-state index in [1.807, 2.05) is 71.2 Å². The van der Waals surface area contributed by atoms with Crippen LogP contribution in [0.2, 0.25) is 0 Å². The van der Waals surface area contributed by atoms with Gasteiger partial charge in [-0.15, -0.1) is 0 Å². The zero-order chi connectivity index (χ0) is 22.9. The van der Waals surface area contributed by atoms with E-state index in [2.05, 4.69) is 16.5 Å². The van der Waals surface area contributed by atoms with Gasteiger partial charge in [0.15, 0.2) is 0 Å². The number of nitriles is 1. The van der Waals surface area contributed by atoms with Gasteiger partial charge in [-0.05, 0) is 42.3 Å². The quantitative estimate of drug-likeness (QED) is 0.626. The van der Waals surface area contributed by atoms with Crippen molar-refractivity contribution in [2.24, 2.45) is 5.73 Å². The Hall–Kier alpha value is -4.22. The number of hydrazine groups is 1. The first-order chi connectivity index (χ1) is 16.1. The number of nitrogens with one attached hydrogen (secondary N) is 1. The third kappa shape index (κ3) is 3.49. The van der Waals surface area contributed by atoms with Crippen molar-refractivity contribution in [3.63, 3.8) is 0 Å². The van der Waals surface area contributed by atoms with E-state index in [4.69, 9.17) is 15.2 Å². The van der Waals surface area contributed by atoms with Crippen molar-refractivity contribution in [1.82, 2.24) is 20.0 Å². The Kier molecular flexibility index (Phi) is 5.24. The number of allylic oxidation sites excluding steroid dienone is 1. The van der Waals surface area contributed by atoms with Crippen LogP contribution in [-0.4, -0.2) is 28.2 Å². The lowest BCUT2D eigenvalue weighted by atomic mass is 9.79. The van der Waals surface area contributed by atoms with Crippen molar-refractivity contribution in [1.29, 1.82) is 5.26 Å². The van der Waals surface area contributed by atoms with Gasteiger partial charge in [-0.2, -0.15) is 5.26 Å². The Labute approximate surface area is 192 Å². The molecule has 2 aromatic carbocycles. The van der Waals surface area contributed by atoms with Crippen LogP contribution in [0, 0.1) is 11.3 Å². The largest absolute Gasteiger partial charge is 0.497 e. The van der Waals surface area contributed by atoms with Gasteiger partial charge in [0.05, 0.1) is 25.4 Å². The smallest absolute Gasteiger partial charge is 0.214 e. The fourth-order valence-corrected chi connectivity index (χ4v) is 4.43.